The second-order valence-electron chi connectivity index (χ2n) is 4.69. The number of fused-ring (bicyclic) bond motifs is 1. The summed E-state index contributed by atoms with van der Waals surface area (Å²) in [6.45, 7) is 2.01. The van der Waals surface area contributed by atoms with E-state index in [9.17, 15) is 0 Å². The van der Waals surface area contributed by atoms with Crippen LogP contribution in [0.15, 0.2) is 40.9 Å². The van der Waals surface area contributed by atoms with E-state index in [2.05, 4.69) is 25.9 Å². The molecule has 3 nitrogen and oxygen atoms in total. The molecule has 3 rings (SSSR count). The molecule has 0 aliphatic carbocycles. The fraction of sp³-hybridized carbons (Fsp3) is 0.125. The van der Waals surface area contributed by atoms with Crippen LogP contribution in [0.4, 0.5) is 0 Å². The number of rotatable bonds is 2. The number of ether oxygens (including phenoxy) is 1. The maximum absolute atomic E-state index is 6.33. The van der Waals surface area contributed by atoms with Gasteiger partial charge in [0.2, 0.25) is 0 Å². The molecule has 0 saturated carbocycles. The van der Waals surface area contributed by atoms with Gasteiger partial charge in [0.25, 0.3) is 0 Å². The summed E-state index contributed by atoms with van der Waals surface area (Å²) in [7, 11) is 1.63. The minimum atomic E-state index is 0.446. The van der Waals surface area contributed by atoms with Gasteiger partial charge in [-0.25, -0.2) is 9.97 Å². The van der Waals surface area contributed by atoms with Gasteiger partial charge in [-0.3, -0.25) is 0 Å². The Morgan fingerprint density at radius 2 is 1.95 bits per heavy atom. The van der Waals surface area contributed by atoms with E-state index >= 15 is 0 Å². The minimum absolute atomic E-state index is 0.446. The van der Waals surface area contributed by atoms with Crippen molar-refractivity contribution < 1.29 is 4.74 Å². The minimum Gasteiger partial charge on any atom is -0.497 e. The summed E-state index contributed by atoms with van der Waals surface area (Å²) in [5.74, 6) is 1.36. The standard InChI is InChI=1S/C16H12BrClN2O/c1-9-6-11(17)8-13-14(9)19-16(20-15(13)18)10-4-3-5-12(7-10)21-2/h3-8H,1-2H3. The highest BCUT2D eigenvalue weighted by atomic mass is 79.9. The Bertz CT molecular complexity index is 836. The Hall–Kier alpha value is -1.65. The van der Waals surface area contributed by atoms with Crippen molar-refractivity contribution in [3.8, 4) is 17.1 Å². The first-order chi connectivity index (χ1) is 10.1. The molecule has 0 unspecified atom stereocenters. The number of methoxy groups -OCH3 is 1. The van der Waals surface area contributed by atoms with E-state index in [1.807, 2.05) is 43.3 Å². The van der Waals surface area contributed by atoms with Gasteiger partial charge in [0.1, 0.15) is 10.9 Å². The summed E-state index contributed by atoms with van der Waals surface area (Å²) in [5.41, 5.74) is 2.78. The van der Waals surface area contributed by atoms with Crippen molar-refractivity contribution in [1.29, 1.82) is 0 Å². The van der Waals surface area contributed by atoms with Gasteiger partial charge in [0, 0.05) is 15.4 Å². The van der Waals surface area contributed by atoms with Crippen LogP contribution >= 0.6 is 27.5 Å². The number of aromatic nitrogens is 2. The summed E-state index contributed by atoms with van der Waals surface area (Å²) < 4.78 is 6.20. The number of hydrogen-bond donors (Lipinski definition) is 0. The van der Waals surface area contributed by atoms with Crippen molar-refractivity contribution in [1.82, 2.24) is 9.97 Å². The third-order valence-corrected chi connectivity index (χ3v) is 3.98. The molecular weight excluding hydrogens is 352 g/mol. The highest BCUT2D eigenvalue weighted by Crippen LogP contribution is 2.30. The molecule has 0 spiro atoms. The van der Waals surface area contributed by atoms with Crippen LogP contribution in [0.5, 0.6) is 5.75 Å². The number of benzene rings is 2. The molecule has 106 valence electrons. The van der Waals surface area contributed by atoms with Gasteiger partial charge < -0.3 is 4.74 Å². The van der Waals surface area contributed by atoms with Crippen LogP contribution < -0.4 is 4.74 Å². The van der Waals surface area contributed by atoms with Crippen molar-refractivity contribution in [2.45, 2.75) is 6.92 Å². The Morgan fingerprint density at radius 3 is 2.71 bits per heavy atom. The molecule has 0 amide bonds. The summed E-state index contributed by atoms with van der Waals surface area (Å²) >= 11 is 9.80. The van der Waals surface area contributed by atoms with E-state index in [1.54, 1.807) is 7.11 Å². The normalized spacial score (nSPS) is 10.9. The zero-order valence-electron chi connectivity index (χ0n) is 11.5. The molecule has 0 fully saturated rings. The van der Waals surface area contributed by atoms with E-state index in [0.717, 1.165) is 32.3 Å². The molecule has 21 heavy (non-hydrogen) atoms. The summed E-state index contributed by atoms with van der Waals surface area (Å²) in [5, 5.41) is 1.29. The van der Waals surface area contributed by atoms with Gasteiger partial charge in [-0.15, -0.1) is 0 Å². The fourth-order valence-electron chi connectivity index (χ4n) is 2.22. The molecule has 0 aliphatic heterocycles. The van der Waals surface area contributed by atoms with Crippen LogP contribution in [0, 0.1) is 6.92 Å². The Balaban J connectivity index is 2.24. The number of nitrogens with zero attached hydrogens (tertiary/aromatic N) is 2. The van der Waals surface area contributed by atoms with E-state index in [1.165, 1.54) is 0 Å². The molecule has 0 N–H and O–H groups in total. The average Bonchev–Trinajstić information content (AvgIpc) is 2.48. The zero-order chi connectivity index (χ0) is 15.0. The van der Waals surface area contributed by atoms with Crippen LogP contribution in [-0.2, 0) is 0 Å². The van der Waals surface area contributed by atoms with Crippen molar-refractivity contribution in [2.75, 3.05) is 7.11 Å². The lowest BCUT2D eigenvalue weighted by molar-refractivity contribution is 0.415. The van der Waals surface area contributed by atoms with Crippen LogP contribution in [0.3, 0.4) is 0 Å². The first kappa shape index (κ1) is 14.3. The molecule has 2 aromatic carbocycles. The quantitative estimate of drug-likeness (QED) is 0.599. The predicted molar refractivity (Wildman–Crippen MR) is 89.0 cm³/mol. The molecule has 1 aromatic heterocycles. The lowest BCUT2D eigenvalue weighted by Crippen LogP contribution is -1.94. The van der Waals surface area contributed by atoms with Gasteiger partial charge in [0.05, 0.1) is 12.6 Å². The predicted octanol–water partition coefficient (Wildman–Crippen LogP) is 5.03. The van der Waals surface area contributed by atoms with Crippen molar-refractivity contribution in [2.24, 2.45) is 0 Å². The third-order valence-electron chi connectivity index (χ3n) is 3.24. The molecule has 0 radical (unpaired) electrons. The molecule has 0 aliphatic rings. The Morgan fingerprint density at radius 1 is 1.14 bits per heavy atom. The monoisotopic (exact) mass is 362 g/mol. The largest absolute Gasteiger partial charge is 0.497 e. The molecule has 0 bridgehead atoms. The van der Waals surface area contributed by atoms with Gasteiger partial charge in [-0.1, -0.05) is 39.7 Å². The lowest BCUT2D eigenvalue weighted by Gasteiger charge is -2.08. The zero-order valence-corrected chi connectivity index (χ0v) is 13.9. The lowest BCUT2D eigenvalue weighted by atomic mass is 10.1. The topological polar surface area (TPSA) is 35.0 Å². The Kier molecular flexibility index (Phi) is 3.83. The average molecular weight is 364 g/mol. The van der Waals surface area contributed by atoms with E-state index in [4.69, 9.17) is 16.3 Å². The number of aryl methyl sites for hydroxylation is 1. The van der Waals surface area contributed by atoms with Crippen LogP contribution in [-0.4, -0.2) is 17.1 Å². The maximum Gasteiger partial charge on any atom is 0.161 e. The number of hydrogen-bond acceptors (Lipinski definition) is 3. The molecular formula is C16H12BrClN2O. The molecule has 0 saturated heterocycles. The van der Waals surface area contributed by atoms with E-state index < -0.39 is 0 Å². The summed E-state index contributed by atoms with van der Waals surface area (Å²) in [6, 6.07) is 11.6. The second kappa shape index (κ2) is 5.62. The van der Waals surface area contributed by atoms with Crippen molar-refractivity contribution in [3.63, 3.8) is 0 Å². The first-order valence-electron chi connectivity index (χ1n) is 6.36. The van der Waals surface area contributed by atoms with Gasteiger partial charge >= 0.3 is 0 Å². The molecule has 1 heterocycles. The van der Waals surface area contributed by atoms with E-state index in [0.29, 0.717) is 11.0 Å². The Labute approximate surface area is 136 Å². The van der Waals surface area contributed by atoms with Gasteiger partial charge in [0.15, 0.2) is 5.82 Å². The van der Waals surface area contributed by atoms with Crippen LogP contribution in [0.2, 0.25) is 5.15 Å². The fourth-order valence-corrected chi connectivity index (χ4v) is 3.01. The summed E-state index contributed by atoms with van der Waals surface area (Å²) in [4.78, 5) is 9.06. The van der Waals surface area contributed by atoms with E-state index in [-0.39, 0.29) is 0 Å². The molecule has 3 aromatic rings. The van der Waals surface area contributed by atoms with Crippen molar-refractivity contribution in [3.05, 3.63) is 51.6 Å². The van der Waals surface area contributed by atoms with Gasteiger partial charge in [-0.2, -0.15) is 0 Å². The second-order valence-corrected chi connectivity index (χ2v) is 5.96. The van der Waals surface area contributed by atoms with Gasteiger partial charge in [-0.05, 0) is 36.8 Å². The highest BCUT2D eigenvalue weighted by Gasteiger charge is 2.11. The summed E-state index contributed by atoms with van der Waals surface area (Å²) in [6.07, 6.45) is 0. The maximum atomic E-state index is 6.33. The highest BCUT2D eigenvalue weighted by molar-refractivity contribution is 9.10. The SMILES string of the molecule is COc1cccc(-c2nc(Cl)c3cc(Br)cc(C)c3n2)c1. The molecule has 5 heteroatoms. The first-order valence-corrected chi connectivity index (χ1v) is 7.53. The number of halogens is 2. The smallest absolute Gasteiger partial charge is 0.161 e. The molecule has 0 atom stereocenters. The third kappa shape index (κ3) is 2.74. The van der Waals surface area contributed by atoms with Crippen molar-refractivity contribution >= 4 is 38.4 Å². The van der Waals surface area contributed by atoms with Crippen LogP contribution in [0.1, 0.15) is 5.56 Å². The van der Waals surface area contributed by atoms with Crippen LogP contribution in [0.25, 0.3) is 22.3 Å².